The summed E-state index contributed by atoms with van der Waals surface area (Å²) in [4.78, 5) is 15.8. The van der Waals surface area contributed by atoms with Gasteiger partial charge in [-0.15, -0.1) is 0 Å². The predicted molar refractivity (Wildman–Crippen MR) is 115 cm³/mol. The molecule has 0 aromatic heterocycles. The molecule has 3 N–H and O–H groups in total. The predicted octanol–water partition coefficient (Wildman–Crippen LogP) is 2.99. The first-order valence-electron chi connectivity index (χ1n) is 11.5. The molecule has 5 heteroatoms. The lowest BCUT2D eigenvalue weighted by atomic mass is 9.69. The Hall–Kier alpha value is -1.43. The molecule has 3 atom stereocenters. The van der Waals surface area contributed by atoms with E-state index in [4.69, 9.17) is 0 Å². The molecular formula is C24H37N3O2. The van der Waals surface area contributed by atoms with Gasteiger partial charge in [0.2, 0.25) is 5.91 Å². The summed E-state index contributed by atoms with van der Waals surface area (Å²) in [6.45, 7) is 7.16. The maximum absolute atomic E-state index is 13.3. The Morgan fingerprint density at radius 2 is 1.86 bits per heavy atom. The molecule has 2 heterocycles. The third-order valence-corrected chi connectivity index (χ3v) is 7.56. The van der Waals surface area contributed by atoms with Gasteiger partial charge in [-0.2, -0.15) is 0 Å². The van der Waals surface area contributed by atoms with Crippen molar-refractivity contribution in [1.82, 2.24) is 15.5 Å². The Morgan fingerprint density at radius 3 is 2.55 bits per heavy atom. The van der Waals surface area contributed by atoms with Crippen molar-refractivity contribution in [3.8, 4) is 0 Å². The SMILES string of the molecule is CC(C)CCN1C(C2CCCCC2(O)c2ccccc2)NC(=O)C12CCNCC2. The number of rotatable bonds is 5. The topological polar surface area (TPSA) is 64.6 Å². The van der Waals surface area contributed by atoms with E-state index in [9.17, 15) is 9.90 Å². The zero-order valence-electron chi connectivity index (χ0n) is 18.0. The first kappa shape index (κ1) is 20.8. The summed E-state index contributed by atoms with van der Waals surface area (Å²) in [5.74, 6) is 0.780. The molecule has 160 valence electrons. The van der Waals surface area contributed by atoms with Crippen LogP contribution in [-0.2, 0) is 10.4 Å². The quantitative estimate of drug-likeness (QED) is 0.712. The van der Waals surface area contributed by atoms with Gasteiger partial charge in [0, 0.05) is 12.5 Å². The van der Waals surface area contributed by atoms with E-state index < -0.39 is 11.1 Å². The maximum Gasteiger partial charge on any atom is 0.241 e. The van der Waals surface area contributed by atoms with Gasteiger partial charge in [0.15, 0.2) is 0 Å². The van der Waals surface area contributed by atoms with E-state index in [1.165, 1.54) is 0 Å². The molecule has 1 aromatic carbocycles. The van der Waals surface area contributed by atoms with E-state index in [1.54, 1.807) is 0 Å². The molecule has 0 bridgehead atoms. The van der Waals surface area contributed by atoms with Crippen LogP contribution < -0.4 is 10.6 Å². The van der Waals surface area contributed by atoms with Gasteiger partial charge in [0.1, 0.15) is 5.54 Å². The molecule has 29 heavy (non-hydrogen) atoms. The van der Waals surface area contributed by atoms with Crippen molar-refractivity contribution in [2.24, 2.45) is 11.8 Å². The standard InChI is InChI=1S/C24H37N3O2/c1-18(2)11-17-27-21(26-22(28)23(27)13-15-25-16-14-23)20-10-6-7-12-24(20,29)19-8-4-3-5-9-19/h3-5,8-9,18,20-21,25,29H,6-7,10-17H2,1-2H3,(H,26,28). The van der Waals surface area contributed by atoms with Gasteiger partial charge in [-0.05, 0) is 56.7 Å². The Kier molecular flexibility index (Phi) is 6.01. The van der Waals surface area contributed by atoms with Gasteiger partial charge in [0.25, 0.3) is 0 Å². The lowest BCUT2D eigenvalue weighted by Gasteiger charge is -2.48. The molecule has 1 aromatic rings. The summed E-state index contributed by atoms with van der Waals surface area (Å²) < 4.78 is 0. The fraction of sp³-hybridized carbons (Fsp3) is 0.708. The molecule has 2 aliphatic heterocycles. The average molecular weight is 400 g/mol. The van der Waals surface area contributed by atoms with Crippen molar-refractivity contribution in [2.45, 2.75) is 76.1 Å². The Bertz CT molecular complexity index is 701. The highest BCUT2D eigenvalue weighted by atomic mass is 16.3. The molecule has 5 nitrogen and oxygen atoms in total. The van der Waals surface area contributed by atoms with Gasteiger partial charge < -0.3 is 15.7 Å². The summed E-state index contributed by atoms with van der Waals surface area (Å²) >= 11 is 0. The summed E-state index contributed by atoms with van der Waals surface area (Å²) in [5, 5.41) is 18.7. The number of aliphatic hydroxyl groups is 1. The number of amides is 1. The minimum absolute atomic E-state index is 0.0176. The Labute approximate surface area is 175 Å². The van der Waals surface area contributed by atoms with Crippen LogP contribution in [0.1, 0.15) is 64.4 Å². The number of carbonyl (C=O) groups excluding carboxylic acids is 1. The number of piperidine rings is 1. The molecule has 3 fully saturated rings. The van der Waals surface area contributed by atoms with Gasteiger partial charge >= 0.3 is 0 Å². The van der Waals surface area contributed by atoms with Gasteiger partial charge in [-0.3, -0.25) is 9.69 Å². The van der Waals surface area contributed by atoms with Crippen LogP contribution in [0.2, 0.25) is 0 Å². The van der Waals surface area contributed by atoms with E-state index in [2.05, 4.69) is 29.4 Å². The zero-order valence-corrected chi connectivity index (χ0v) is 18.0. The fourth-order valence-electron chi connectivity index (χ4n) is 5.85. The average Bonchev–Trinajstić information content (AvgIpc) is 2.99. The largest absolute Gasteiger partial charge is 0.385 e. The minimum atomic E-state index is -0.883. The maximum atomic E-state index is 13.3. The second-order valence-electron chi connectivity index (χ2n) is 9.72. The molecular weight excluding hydrogens is 362 g/mol. The van der Waals surface area contributed by atoms with Crippen molar-refractivity contribution in [3.05, 3.63) is 35.9 Å². The zero-order chi connectivity index (χ0) is 20.5. The summed E-state index contributed by atoms with van der Waals surface area (Å²) in [5.41, 5.74) is -0.305. The number of hydrogen-bond donors (Lipinski definition) is 3. The van der Waals surface area contributed by atoms with Crippen LogP contribution in [0, 0.1) is 11.8 Å². The number of benzene rings is 1. The second-order valence-corrected chi connectivity index (χ2v) is 9.72. The van der Waals surface area contributed by atoms with E-state index in [-0.39, 0.29) is 18.0 Å². The lowest BCUT2D eigenvalue weighted by molar-refractivity contribution is -0.128. The van der Waals surface area contributed by atoms with Gasteiger partial charge in [-0.1, -0.05) is 57.0 Å². The molecule has 2 saturated heterocycles. The highest BCUT2D eigenvalue weighted by Gasteiger charge is 2.58. The van der Waals surface area contributed by atoms with Gasteiger partial charge in [0.05, 0.1) is 11.8 Å². The summed E-state index contributed by atoms with van der Waals surface area (Å²) in [6, 6.07) is 10.1. The summed E-state index contributed by atoms with van der Waals surface area (Å²) in [7, 11) is 0. The molecule has 1 saturated carbocycles. The highest BCUT2D eigenvalue weighted by Crippen LogP contribution is 2.47. The van der Waals surface area contributed by atoms with Crippen LogP contribution in [-0.4, -0.2) is 47.3 Å². The van der Waals surface area contributed by atoms with Crippen LogP contribution in [0.3, 0.4) is 0 Å². The normalized spacial score (nSPS) is 32.6. The Balaban J connectivity index is 1.69. The van der Waals surface area contributed by atoms with Gasteiger partial charge in [-0.25, -0.2) is 0 Å². The van der Waals surface area contributed by atoms with Crippen molar-refractivity contribution in [1.29, 1.82) is 0 Å². The third-order valence-electron chi connectivity index (χ3n) is 7.56. The smallest absolute Gasteiger partial charge is 0.241 e. The first-order valence-corrected chi connectivity index (χ1v) is 11.5. The van der Waals surface area contributed by atoms with Crippen molar-refractivity contribution < 1.29 is 9.90 Å². The molecule has 3 aliphatic rings. The van der Waals surface area contributed by atoms with Crippen LogP contribution in [0.4, 0.5) is 0 Å². The minimum Gasteiger partial charge on any atom is -0.385 e. The van der Waals surface area contributed by atoms with Crippen LogP contribution in [0.15, 0.2) is 30.3 Å². The van der Waals surface area contributed by atoms with Crippen LogP contribution >= 0.6 is 0 Å². The Morgan fingerprint density at radius 1 is 1.14 bits per heavy atom. The third kappa shape index (κ3) is 3.73. The second kappa shape index (κ2) is 8.37. The monoisotopic (exact) mass is 399 g/mol. The number of hydrogen-bond acceptors (Lipinski definition) is 4. The fourth-order valence-corrected chi connectivity index (χ4v) is 5.85. The highest BCUT2D eigenvalue weighted by molar-refractivity contribution is 5.89. The van der Waals surface area contributed by atoms with Crippen molar-refractivity contribution in [3.63, 3.8) is 0 Å². The molecule has 3 unspecified atom stereocenters. The van der Waals surface area contributed by atoms with Crippen molar-refractivity contribution in [2.75, 3.05) is 19.6 Å². The lowest BCUT2D eigenvalue weighted by Crippen LogP contribution is -2.59. The number of nitrogens with one attached hydrogen (secondary N) is 2. The van der Waals surface area contributed by atoms with E-state index in [0.29, 0.717) is 5.92 Å². The summed E-state index contributed by atoms with van der Waals surface area (Å²) in [6.07, 6.45) is 6.53. The van der Waals surface area contributed by atoms with Crippen molar-refractivity contribution >= 4 is 5.91 Å². The molecule has 1 spiro atoms. The van der Waals surface area contributed by atoms with Crippen LogP contribution in [0.25, 0.3) is 0 Å². The van der Waals surface area contributed by atoms with E-state index >= 15 is 0 Å². The van der Waals surface area contributed by atoms with Crippen LogP contribution in [0.5, 0.6) is 0 Å². The molecule has 1 amide bonds. The van der Waals surface area contributed by atoms with E-state index in [0.717, 1.165) is 70.1 Å². The molecule has 4 rings (SSSR count). The number of carbonyl (C=O) groups is 1. The first-order chi connectivity index (χ1) is 14.0. The molecule has 1 aliphatic carbocycles. The molecule has 0 radical (unpaired) electrons. The van der Waals surface area contributed by atoms with E-state index in [1.807, 2.05) is 30.3 Å². The number of nitrogens with zero attached hydrogens (tertiary/aromatic N) is 1.